The highest BCUT2D eigenvalue weighted by molar-refractivity contribution is 5.53. The van der Waals surface area contributed by atoms with Crippen LogP contribution >= 0.6 is 0 Å². The van der Waals surface area contributed by atoms with Crippen molar-refractivity contribution in [3.63, 3.8) is 0 Å². The summed E-state index contributed by atoms with van der Waals surface area (Å²) in [5.41, 5.74) is 0. The largest absolute Gasteiger partial charge is 0.303 e. The number of hydrogen-bond donors (Lipinski definition) is 0. The molecule has 0 saturated carbocycles. The van der Waals surface area contributed by atoms with Gasteiger partial charge < -0.3 is 4.79 Å². The summed E-state index contributed by atoms with van der Waals surface area (Å²) in [4.78, 5) is 13.0. The maximum absolute atomic E-state index is 12.1. The smallest absolute Gasteiger partial charge is 0.123 e. The van der Waals surface area contributed by atoms with Gasteiger partial charge in [0.1, 0.15) is 6.29 Å². The molecule has 3 heteroatoms. The number of carbonyl (C=O) groups excluding carboxylic acids is 1. The van der Waals surface area contributed by atoms with Crippen LogP contribution in [0.25, 0.3) is 0 Å². The van der Waals surface area contributed by atoms with Gasteiger partial charge in [-0.3, -0.25) is 9.29 Å². The topological polar surface area (TPSA) is 20.3 Å². The first-order valence-electron chi connectivity index (χ1n) is 5.46. The first-order chi connectivity index (χ1) is 6.69. The van der Waals surface area contributed by atoms with Crippen LogP contribution in [0.2, 0.25) is 0 Å². The van der Waals surface area contributed by atoms with Crippen LogP contribution < -0.4 is 0 Å². The summed E-state index contributed by atoms with van der Waals surface area (Å²) in [6.45, 7) is 4.84. The van der Waals surface area contributed by atoms with Crippen molar-refractivity contribution in [2.45, 2.75) is 45.2 Å². The van der Waals surface area contributed by atoms with Gasteiger partial charge in [-0.25, -0.2) is 0 Å². The van der Waals surface area contributed by atoms with Gasteiger partial charge >= 0.3 is 0 Å². The molecule has 1 rings (SSSR count). The van der Waals surface area contributed by atoms with E-state index in [9.17, 15) is 9.18 Å². The molecule has 1 aliphatic rings. The molecule has 0 bridgehead atoms. The van der Waals surface area contributed by atoms with Crippen LogP contribution in [0.4, 0.5) is 4.39 Å². The number of piperidine rings is 1. The minimum Gasteiger partial charge on any atom is -0.303 e. The summed E-state index contributed by atoms with van der Waals surface area (Å²) >= 11 is 0. The van der Waals surface area contributed by atoms with Crippen molar-refractivity contribution in [2.75, 3.05) is 13.2 Å². The fraction of sp³-hybridized carbons (Fsp3) is 0.909. The van der Waals surface area contributed by atoms with Gasteiger partial charge in [0.05, 0.1) is 6.67 Å². The first kappa shape index (κ1) is 11.6. The van der Waals surface area contributed by atoms with Crippen LogP contribution in [-0.2, 0) is 4.79 Å². The number of nitrogens with zero attached hydrogens (tertiary/aromatic N) is 1. The third-order valence-corrected chi connectivity index (χ3v) is 3.16. The van der Waals surface area contributed by atoms with E-state index in [0.717, 1.165) is 25.7 Å². The van der Waals surface area contributed by atoms with Gasteiger partial charge in [-0.1, -0.05) is 0 Å². The molecule has 0 N–H and O–H groups in total. The first-order valence-corrected chi connectivity index (χ1v) is 5.46. The molecular formula is C11H20FNO. The molecule has 1 aliphatic heterocycles. The van der Waals surface area contributed by atoms with Crippen LogP contribution in [0.1, 0.15) is 33.1 Å². The summed E-state index contributed by atoms with van der Waals surface area (Å²) in [7, 11) is 0. The van der Waals surface area contributed by atoms with E-state index in [2.05, 4.69) is 18.7 Å². The highest BCUT2D eigenvalue weighted by Gasteiger charge is 2.29. The zero-order chi connectivity index (χ0) is 10.6. The predicted octanol–water partition coefficient (Wildman–Crippen LogP) is 2.03. The fourth-order valence-corrected chi connectivity index (χ4v) is 2.47. The lowest BCUT2D eigenvalue weighted by Gasteiger charge is -2.41. The van der Waals surface area contributed by atoms with E-state index in [1.165, 1.54) is 0 Å². The van der Waals surface area contributed by atoms with Crippen LogP contribution in [0.15, 0.2) is 0 Å². The Balaban J connectivity index is 2.47. The molecule has 0 aromatic carbocycles. The molecule has 82 valence electrons. The Kier molecular flexibility index (Phi) is 4.52. The molecule has 0 radical (unpaired) electrons. The molecule has 2 unspecified atom stereocenters. The Bertz CT molecular complexity index is 174. The number of hydrogen-bond acceptors (Lipinski definition) is 2. The molecule has 1 fully saturated rings. The highest BCUT2D eigenvalue weighted by Crippen LogP contribution is 2.26. The summed E-state index contributed by atoms with van der Waals surface area (Å²) in [5, 5.41) is 0. The average molecular weight is 201 g/mol. The number of likely N-dealkylation sites (tertiary alicyclic amines) is 1. The number of alkyl halides is 1. The van der Waals surface area contributed by atoms with Gasteiger partial charge in [0.15, 0.2) is 0 Å². The predicted molar refractivity (Wildman–Crippen MR) is 55.0 cm³/mol. The zero-order valence-electron chi connectivity index (χ0n) is 9.08. The van der Waals surface area contributed by atoms with Gasteiger partial charge in [0.2, 0.25) is 0 Å². The number of halogens is 1. The Hall–Kier alpha value is -0.440. The number of aldehydes is 1. The van der Waals surface area contributed by atoms with E-state index >= 15 is 0 Å². The SMILES string of the molecule is CC1CC(C=O)CC(C)N1CCCF. The van der Waals surface area contributed by atoms with Gasteiger partial charge in [0.25, 0.3) is 0 Å². The maximum atomic E-state index is 12.1. The van der Waals surface area contributed by atoms with Gasteiger partial charge in [-0.15, -0.1) is 0 Å². The molecule has 14 heavy (non-hydrogen) atoms. The van der Waals surface area contributed by atoms with E-state index in [-0.39, 0.29) is 12.6 Å². The third-order valence-electron chi connectivity index (χ3n) is 3.16. The fourth-order valence-electron chi connectivity index (χ4n) is 2.47. The van der Waals surface area contributed by atoms with Crippen molar-refractivity contribution in [3.05, 3.63) is 0 Å². The quantitative estimate of drug-likeness (QED) is 0.649. The minimum atomic E-state index is -0.243. The summed E-state index contributed by atoms with van der Waals surface area (Å²) in [6, 6.07) is 0.834. The van der Waals surface area contributed by atoms with Crippen molar-refractivity contribution < 1.29 is 9.18 Å². The molecule has 0 amide bonds. The van der Waals surface area contributed by atoms with E-state index in [4.69, 9.17) is 0 Å². The van der Waals surface area contributed by atoms with E-state index < -0.39 is 0 Å². The van der Waals surface area contributed by atoms with Crippen LogP contribution in [-0.4, -0.2) is 36.5 Å². The standard InChI is InChI=1S/C11H20FNO/c1-9-6-11(8-14)7-10(2)13(9)5-3-4-12/h8-11H,3-7H2,1-2H3. The van der Waals surface area contributed by atoms with Crippen molar-refractivity contribution >= 4 is 6.29 Å². The number of rotatable bonds is 4. The van der Waals surface area contributed by atoms with Crippen molar-refractivity contribution in [2.24, 2.45) is 5.92 Å². The van der Waals surface area contributed by atoms with Crippen LogP contribution in [0.3, 0.4) is 0 Å². The summed E-state index contributed by atoms with van der Waals surface area (Å²) in [5.74, 6) is 0.210. The van der Waals surface area contributed by atoms with Gasteiger partial charge in [-0.05, 0) is 33.1 Å². The lowest BCUT2D eigenvalue weighted by molar-refractivity contribution is -0.113. The zero-order valence-corrected chi connectivity index (χ0v) is 9.08. The third kappa shape index (κ3) is 2.77. The van der Waals surface area contributed by atoms with E-state index in [0.29, 0.717) is 18.5 Å². The molecule has 0 aromatic rings. The molecular weight excluding hydrogens is 181 g/mol. The molecule has 0 aromatic heterocycles. The van der Waals surface area contributed by atoms with Crippen LogP contribution in [0.5, 0.6) is 0 Å². The molecule has 0 aliphatic carbocycles. The number of carbonyl (C=O) groups is 1. The normalized spacial score (nSPS) is 34.4. The summed E-state index contributed by atoms with van der Waals surface area (Å²) in [6.07, 6.45) is 3.54. The molecule has 0 spiro atoms. The Morgan fingerprint density at radius 3 is 2.36 bits per heavy atom. The average Bonchev–Trinajstić information content (AvgIpc) is 2.16. The monoisotopic (exact) mass is 201 g/mol. The van der Waals surface area contributed by atoms with Crippen molar-refractivity contribution in [3.8, 4) is 0 Å². The second-order valence-electron chi connectivity index (χ2n) is 4.35. The van der Waals surface area contributed by atoms with E-state index in [1.807, 2.05) is 0 Å². The maximum Gasteiger partial charge on any atom is 0.123 e. The molecule has 2 atom stereocenters. The minimum absolute atomic E-state index is 0.210. The van der Waals surface area contributed by atoms with Crippen molar-refractivity contribution in [1.29, 1.82) is 0 Å². The lowest BCUT2D eigenvalue weighted by Crippen LogP contribution is -2.47. The Morgan fingerprint density at radius 1 is 1.36 bits per heavy atom. The van der Waals surface area contributed by atoms with E-state index in [1.54, 1.807) is 0 Å². The lowest BCUT2D eigenvalue weighted by atomic mass is 9.88. The summed E-state index contributed by atoms with van der Waals surface area (Å²) < 4.78 is 12.1. The van der Waals surface area contributed by atoms with Crippen molar-refractivity contribution in [1.82, 2.24) is 4.90 Å². The Morgan fingerprint density at radius 2 is 1.93 bits per heavy atom. The Labute approximate surface area is 85.5 Å². The van der Waals surface area contributed by atoms with Crippen LogP contribution in [0, 0.1) is 5.92 Å². The second-order valence-corrected chi connectivity index (χ2v) is 4.35. The molecule has 1 saturated heterocycles. The van der Waals surface area contributed by atoms with Gasteiger partial charge in [0, 0.05) is 24.5 Å². The second kappa shape index (κ2) is 5.44. The molecule has 1 heterocycles. The highest BCUT2D eigenvalue weighted by atomic mass is 19.1. The van der Waals surface area contributed by atoms with Gasteiger partial charge in [-0.2, -0.15) is 0 Å². The molecule has 2 nitrogen and oxygen atoms in total.